The van der Waals surface area contributed by atoms with Crippen LogP contribution in [0.25, 0.3) is 0 Å². The monoisotopic (exact) mass is 386 g/mol. The summed E-state index contributed by atoms with van der Waals surface area (Å²) >= 11 is 0. The molecule has 4 nitrogen and oxygen atoms in total. The molecule has 1 aliphatic heterocycles. The van der Waals surface area contributed by atoms with E-state index in [4.69, 9.17) is 9.16 Å². The molecule has 0 amide bonds. The van der Waals surface area contributed by atoms with Crippen molar-refractivity contribution in [3.63, 3.8) is 0 Å². The molecule has 0 unspecified atom stereocenters. The zero-order chi connectivity index (χ0) is 19.7. The number of aliphatic hydroxyl groups excluding tert-OH is 2. The second-order valence-electron chi connectivity index (χ2n) is 8.34. The lowest BCUT2D eigenvalue weighted by Crippen LogP contribution is -2.68. The van der Waals surface area contributed by atoms with Crippen molar-refractivity contribution < 1.29 is 19.4 Å². The Hall–Kier alpha value is -1.50. The molecule has 1 aliphatic rings. The summed E-state index contributed by atoms with van der Waals surface area (Å²) in [4.78, 5) is 0. The number of hydrogen-bond donors (Lipinski definition) is 2. The van der Waals surface area contributed by atoms with Crippen LogP contribution in [-0.2, 0) is 9.16 Å². The molecule has 4 atom stereocenters. The summed E-state index contributed by atoms with van der Waals surface area (Å²) in [5, 5.41) is 22.3. The Kier molecular flexibility index (Phi) is 5.89. The van der Waals surface area contributed by atoms with Crippen LogP contribution in [0.5, 0.6) is 0 Å². The molecule has 2 aromatic carbocycles. The van der Waals surface area contributed by atoms with Gasteiger partial charge in [0.1, 0.15) is 6.10 Å². The van der Waals surface area contributed by atoms with Gasteiger partial charge in [-0.3, -0.25) is 0 Å². The van der Waals surface area contributed by atoms with E-state index in [9.17, 15) is 10.2 Å². The third kappa shape index (κ3) is 3.88. The van der Waals surface area contributed by atoms with Gasteiger partial charge >= 0.3 is 0 Å². The Bertz CT molecular complexity index is 689. The number of hydrogen-bond acceptors (Lipinski definition) is 4. The molecule has 3 rings (SSSR count). The number of benzene rings is 2. The van der Waals surface area contributed by atoms with Crippen molar-refractivity contribution in [3.05, 3.63) is 60.7 Å². The first kappa shape index (κ1) is 20.2. The number of aliphatic hydroxyl groups is 2. The van der Waals surface area contributed by atoms with Gasteiger partial charge in [0.2, 0.25) is 0 Å². The minimum Gasteiger partial charge on any atom is -0.402 e. The molecule has 1 fully saturated rings. The maximum Gasteiger partial charge on any atom is 0.261 e. The highest BCUT2D eigenvalue weighted by molar-refractivity contribution is 6.99. The van der Waals surface area contributed by atoms with E-state index in [2.05, 4.69) is 45.0 Å². The molecular formula is C22H30O4Si. The van der Waals surface area contributed by atoms with Crippen molar-refractivity contribution in [1.82, 2.24) is 0 Å². The van der Waals surface area contributed by atoms with E-state index in [-0.39, 0.29) is 17.6 Å². The molecule has 0 spiro atoms. The Morgan fingerprint density at radius 3 is 1.81 bits per heavy atom. The number of rotatable bonds is 5. The second-order valence-corrected chi connectivity index (χ2v) is 12.6. The lowest BCUT2D eigenvalue weighted by atomic mass is 10.1. The van der Waals surface area contributed by atoms with E-state index in [1.807, 2.05) is 43.3 Å². The van der Waals surface area contributed by atoms with Gasteiger partial charge in [0, 0.05) is 6.42 Å². The van der Waals surface area contributed by atoms with E-state index in [1.165, 1.54) is 10.4 Å². The highest BCUT2D eigenvalue weighted by Gasteiger charge is 2.52. The average Bonchev–Trinajstić information content (AvgIpc) is 2.98. The van der Waals surface area contributed by atoms with Crippen LogP contribution >= 0.6 is 0 Å². The molecule has 2 N–H and O–H groups in total. The standard InChI is InChI=1S/C22H30O4Si/c1-16(21-19(23)15-20(24)25-21)26-27(22(2,3)4,17-11-7-5-8-12-17)18-13-9-6-10-14-18/h5-14,16,19-21,23-24H,15H2,1-4H3/t16-,19+,20-,21-/m1/s1. The van der Waals surface area contributed by atoms with Crippen molar-refractivity contribution in [3.8, 4) is 0 Å². The van der Waals surface area contributed by atoms with Crippen LogP contribution in [0.1, 0.15) is 34.1 Å². The second kappa shape index (κ2) is 7.85. The third-order valence-corrected chi connectivity index (χ3v) is 10.5. The summed E-state index contributed by atoms with van der Waals surface area (Å²) in [7, 11) is -2.70. The first-order valence-corrected chi connectivity index (χ1v) is 11.5. The molecular weight excluding hydrogens is 356 g/mol. The topological polar surface area (TPSA) is 58.9 Å². The van der Waals surface area contributed by atoms with Crippen LogP contribution in [0.15, 0.2) is 60.7 Å². The van der Waals surface area contributed by atoms with E-state index < -0.39 is 26.8 Å². The van der Waals surface area contributed by atoms with E-state index >= 15 is 0 Å². The van der Waals surface area contributed by atoms with E-state index in [0.29, 0.717) is 0 Å². The molecule has 0 bridgehead atoms. The Balaban J connectivity index is 2.09. The van der Waals surface area contributed by atoms with Gasteiger partial charge in [-0.1, -0.05) is 81.4 Å². The normalized spacial score (nSPS) is 24.7. The summed E-state index contributed by atoms with van der Waals surface area (Å²) in [6, 6.07) is 20.8. The minimum atomic E-state index is -2.70. The summed E-state index contributed by atoms with van der Waals surface area (Å²) in [5.74, 6) is 0. The van der Waals surface area contributed by atoms with E-state index in [0.717, 1.165) is 0 Å². The first-order valence-electron chi connectivity index (χ1n) is 9.56. The summed E-state index contributed by atoms with van der Waals surface area (Å²) in [6.07, 6.45) is -2.34. The fourth-order valence-corrected chi connectivity index (χ4v) is 8.84. The van der Waals surface area contributed by atoms with E-state index in [1.54, 1.807) is 0 Å². The van der Waals surface area contributed by atoms with Crippen LogP contribution < -0.4 is 10.4 Å². The van der Waals surface area contributed by atoms with Crippen molar-refractivity contribution in [2.45, 2.75) is 63.8 Å². The molecule has 5 heteroatoms. The number of ether oxygens (including phenoxy) is 1. The van der Waals surface area contributed by atoms with Gasteiger partial charge in [0.25, 0.3) is 8.32 Å². The van der Waals surface area contributed by atoms with Gasteiger partial charge in [-0.15, -0.1) is 0 Å². The zero-order valence-corrected chi connectivity index (χ0v) is 17.5. The van der Waals surface area contributed by atoms with Crippen molar-refractivity contribution >= 4 is 18.7 Å². The Morgan fingerprint density at radius 2 is 1.44 bits per heavy atom. The molecule has 0 radical (unpaired) electrons. The van der Waals surface area contributed by atoms with Crippen LogP contribution in [0, 0.1) is 0 Å². The van der Waals surface area contributed by atoms with Crippen molar-refractivity contribution in [2.75, 3.05) is 0 Å². The van der Waals surface area contributed by atoms with Crippen LogP contribution in [0.3, 0.4) is 0 Å². The van der Waals surface area contributed by atoms with Gasteiger partial charge in [-0.2, -0.15) is 0 Å². The fourth-order valence-electron chi connectivity index (χ4n) is 4.13. The average molecular weight is 387 g/mol. The van der Waals surface area contributed by atoms with Gasteiger partial charge in [-0.05, 0) is 22.3 Å². The smallest absolute Gasteiger partial charge is 0.261 e. The fraction of sp³-hybridized carbons (Fsp3) is 0.455. The largest absolute Gasteiger partial charge is 0.402 e. The molecule has 0 aliphatic carbocycles. The van der Waals surface area contributed by atoms with Crippen LogP contribution in [0.4, 0.5) is 0 Å². The molecule has 0 aromatic heterocycles. The maximum atomic E-state index is 10.3. The van der Waals surface area contributed by atoms with Gasteiger partial charge in [0.05, 0.1) is 12.2 Å². The van der Waals surface area contributed by atoms with Crippen LogP contribution in [0.2, 0.25) is 5.04 Å². The summed E-state index contributed by atoms with van der Waals surface area (Å²) in [6.45, 7) is 8.58. The van der Waals surface area contributed by atoms with Gasteiger partial charge < -0.3 is 19.4 Å². The minimum absolute atomic E-state index is 0.147. The predicted octanol–water partition coefficient (Wildman–Crippen LogP) is 2.42. The lowest BCUT2D eigenvalue weighted by molar-refractivity contribution is -0.122. The maximum absolute atomic E-state index is 10.3. The quantitative estimate of drug-likeness (QED) is 0.775. The Morgan fingerprint density at radius 1 is 0.963 bits per heavy atom. The SMILES string of the molecule is C[C@@H](O[Si](c1ccccc1)(c1ccccc1)C(C)(C)C)[C@H]1O[C@@H](O)C[C@@H]1O. The highest BCUT2D eigenvalue weighted by Crippen LogP contribution is 2.38. The predicted molar refractivity (Wildman–Crippen MR) is 110 cm³/mol. The summed E-state index contributed by atoms with van der Waals surface area (Å²) in [5.41, 5.74) is 0. The third-order valence-electron chi connectivity index (χ3n) is 5.38. The molecule has 146 valence electrons. The van der Waals surface area contributed by atoms with Crippen LogP contribution in [-0.4, -0.2) is 43.1 Å². The highest BCUT2D eigenvalue weighted by atomic mass is 28.4. The first-order chi connectivity index (χ1) is 12.8. The molecule has 0 saturated carbocycles. The van der Waals surface area contributed by atoms with Gasteiger partial charge in [0.15, 0.2) is 6.29 Å². The molecule has 2 aromatic rings. The van der Waals surface area contributed by atoms with Gasteiger partial charge in [-0.25, -0.2) is 0 Å². The molecule has 1 heterocycles. The Labute approximate surface area is 162 Å². The van der Waals surface area contributed by atoms with Crippen molar-refractivity contribution in [2.24, 2.45) is 0 Å². The summed E-state index contributed by atoms with van der Waals surface area (Å²) < 4.78 is 12.5. The van der Waals surface area contributed by atoms with Crippen molar-refractivity contribution in [1.29, 1.82) is 0 Å². The molecule has 27 heavy (non-hydrogen) atoms. The molecule has 1 saturated heterocycles. The lowest BCUT2D eigenvalue weighted by Gasteiger charge is -2.45. The zero-order valence-electron chi connectivity index (χ0n) is 16.5.